The minimum Gasteiger partial charge on any atom is -0.399 e. The van der Waals surface area contributed by atoms with Gasteiger partial charge in [0.2, 0.25) is 0 Å². The van der Waals surface area contributed by atoms with Crippen LogP contribution in [0, 0.1) is 0 Å². The van der Waals surface area contributed by atoms with E-state index in [0.717, 1.165) is 24.2 Å². The fourth-order valence-electron chi connectivity index (χ4n) is 1.98. The van der Waals surface area contributed by atoms with Crippen LogP contribution in [0.5, 0.6) is 0 Å². The Balaban J connectivity index is 1.75. The first-order valence-electron chi connectivity index (χ1n) is 6.53. The molecule has 0 aliphatic heterocycles. The standard InChI is InChI=1S/C16H19NOS/c17-15-10-6-11-16(13-15)19(18)12-5-4-9-14-7-2-1-3-8-14/h1-3,6-8,10-11,13H,4-5,9,12,17H2. The van der Waals surface area contributed by atoms with Crippen molar-refractivity contribution in [3.05, 3.63) is 60.2 Å². The molecular weight excluding hydrogens is 254 g/mol. The van der Waals surface area contributed by atoms with Gasteiger partial charge in [-0.3, -0.25) is 4.21 Å². The van der Waals surface area contributed by atoms with E-state index in [1.165, 1.54) is 5.56 Å². The Morgan fingerprint density at radius 1 is 0.947 bits per heavy atom. The lowest BCUT2D eigenvalue weighted by Crippen LogP contribution is -2.00. The van der Waals surface area contributed by atoms with Crippen molar-refractivity contribution in [1.82, 2.24) is 0 Å². The molecule has 2 aromatic carbocycles. The Morgan fingerprint density at radius 3 is 2.47 bits per heavy atom. The lowest BCUT2D eigenvalue weighted by molar-refractivity contribution is 0.677. The largest absolute Gasteiger partial charge is 0.399 e. The topological polar surface area (TPSA) is 43.1 Å². The summed E-state index contributed by atoms with van der Waals surface area (Å²) in [7, 11) is -0.932. The van der Waals surface area contributed by atoms with Crippen LogP contribution < -0.4 is 5.73 Å². The lowest BCUT2D eigenvalue weighted by atomic mass is 10.1. The Bertz CT molecular complexity index is 539. The molecule has 100 valence electrons. The average molecular weight is 273 g/mol. The van der Waals surface area contributed by atoms with Crippen LogP contribution in [-0.2, 0) is 17.2 Å². The molecule has 0 aliphatic rings. The number of benzene rings is 2. The molecule has 3 heteroatoms. The SMILES string of the molecule is Nc1cccc(S(=O)CCCCc2ccccc2)c1. The van der Waals surface area contributed by atoms with Crippen LogP contribution >= 0.6 is 0 Å². The predicted molar refractivity (Wildman–Crippen MR) is 81.5 cm³/mol. The first-order chi connectivity index (χ1) is 9.25. The second-order valence-corrected chi connectivity index (χ2v) is 6.14. The maximum absolute atomic E-state index is 12.1. The minimum atomic E-state index is -0.932. The number of hydrogen-bond acceptors (Lipinski definition) is 2. The summed E-state index contributed by atoms with van der Waals surface area (Å²) < 4.78 is 12.1. The molecule has 0 saturated carbocycles. The molecule has 2 rings (SSSR count). The highest BCUT2D eigenvalue weighted by atomic mass is 32.2. The molecule has 0 amide bonds. The van der Waals surface area contributed by atoms with Gasteiger partial charge in [-0.15, -0.1) is 0 Å². The van der Waals surface area contributed by atoms with Crippen LogP contribution in [0.4, 0.5) is 5.69 Å². The molecule has 2 nitrogen and oxygen atoms in total. The van der Waals surface area contributed by atoms with Crippen molar-refractivity contribution in [2.45, 2.75) is 24.2 Å². The van der Waals surface area contributed by atoms with Gasteiger partial charge in [0.25, 0.3) is 0 Å². The van der Waals surface area contributed by atoms with Gasteiger partial charge in [0.15, 0.2) is 0 Å². The summed E-state index contributed by atoms with van der Waals surface area (Å²) >= 11 is 0. The van der Waals surface area contributed by atoms with E-state index < -0.39 is 10.8 Å². The van der Waals surface area contributed by atoms with Crippen LogP contribution in [0.25, 0.3) is 0 Å². The summed E-state index contributed by atoms with van der Waals surface area (Å²) in [4.78, 5) is 0.833. The zero-order chi connectivity index (χ0) is 13.5. The highest BCUT2D eigenvalue weighted by molar-refractivity contribution is 7.85. The molecule has 1 unspecified atom stereocenters. The molecule has 0 aliphatic carbocycles. The van der Waals surface area contributed by atoms with Gasteiger partial charge < -0.3 is 5.73 Å². The van der Waals surface area contributed by atoms with Gasteiger partial charge in [-0.1, -0.05) is 36.4 Å². The van der Waals surface area contributed by atoms with Gasteiger partial charge in [0, 0.05) is 16.3 Å². The van der Waals surface area contributed by atoms with Gasteiger partial charge in [-0.25, -0.2) is 0 Å². The smallest absolute Gasteiger partial charge is 0.0530 e. The Hall–Kier alpha value is -1.61. The van der Waals surface area contributed by atoms with E-state index in [1.54, 1.807) is 6.07 Å². The van der Waals surface area contributed by atoms with Crippen LogP contribution in [0.15, 0.2) is 59.5 Å². The zero-order valence-electron chi connectivity index (χ0n) is 10.9. The highest BCUT2D eigenvalue weighted by Crippen LogP contribution is 2.13. The molecule has 0 aromatic heterocycles. The maximum atomic E-state index is 12.1. The molecule has 1 atom stereocenters. The van der Waals surface area contributed by atoms with Crippen LogP contribution in [0.1, 0.15) is 18.4 Å². The third-order valence-electron chi connectivity index (χ3n) is 3.01. The van der Waals surface area contributed by atoms with Gasteiger partial charge in [-0.2, -0.15) is 0 Å². The molecule has 0 radical (unpaired) electrons. The summed E-state index contributed by atoms with van der Waals surface area (Å²) in [5, 5.41) is 0. The molecule has 0 saturated heterocycles. The Kier molecular flexibility index (Phi) is 5.16. The number of aryl methyl sites for hydroxylation is 1. The summed E-state index contributed by atoms with van der Waals surface area (Å²) in [6.07, 6.45) is 3.09. The van der Waals surface area contributed by atoms with Crippen molar-refractivity contribution in [2.75, 3.05) is 11.5 Å². The van der Waals surface area contributed by atoms with E-state index in [4.69, 9.17) is 5.73 Å². The fraction of sp³-hybridized carbons (Fsp3) is 0.250. The van der Waals surface area contributed by atoms with Crippen LogP contribution in [0.2, 0.25) is 0 Å². The normalized spacial score (nSPS) is 12.2. The van der Waals surface area contributed by atoms with Gasteiger partial charge >= 0.3 is 0 Å². The molecule has 0 heterocycles. The van der Waals surface area contributed by atoms with Gasteiger partial charge in [0.1, 0.15) is 0 Å². The number of anilines is 1. The van der Waals surface area contributed by atoms with Crippen molar-refractivity contribution in [3.8, 4) is 0 Å². The van der Waals surface area contributed by atoms with E-state index in [2.05, 4.69) is 24.3 Å². The van der Waals surface area contributed by atoms with Crippen molar-refractivity contribution in [1.29, 1.82) is 0 Å². The second-order valence-electron chi connectivity index (χ2n) is 4.56. The number of rotatable bonds is 6. The monoisotopic (exact) mass is 273 g/mol. The van der Waals surface area contributed by atoms with Crippen LogP contribution in [0.3, 0.4) is 0 Å². The number of nitrogens with two attached hydrogens (primary N) is 1. The Labute approximate surface area is 117 Å². The van der Waals surface area contributed by atoms with Crippen LogP contribution in [-0.4, -0.2) is 9.96 Å². The van der Waals surface area contributed by atoms with E-state index in [0.29, 0.717) is 11.4 Å². The molecule has 2 N–H and O–H groups in total. The van der Waals surface area contributed by atoms with Crippen molar-refractivity contribution in [2.24, 2.45) is 0 Å². The predicted octanol–water partition coefficient (Wildman–Crippen LogP) is 3.40. The van der Waals surface area contributed by atoms with Gasteiger partial charge in [0.05, 0.1) is 10.8 Å². The number of nitrogen functional groups attached to an aromatic ring is 1. The number of unbranched alkanes of at least 4 members (excludes halogenated alkanes) is 1. The lowest BCUT2D eigenvalue weighted by Gasteiger charge is -2.04. The first kappa shape index (κ1) is 13.8. The molecule has 0 fully saturated rings. The summed E-state index contributed by atoms with van der Waals surface area (Å²) in [6, 6.07) is 17.8. The van der Waals surface area contributed by atoms with E-state index in [1.807, 2.05) is 24.3 Å². The third-order valence-corrected chi connectivity index (χ3v) is 4.45. The molecule has 19 heavy (non-hydrogen) atoms. The summed E-state index contributed by atoms with van der Waals surface area (Å²) in [5.74, 6) is 0.705. The molecule has 2 aromatic rings. The fourth-order valence-corrected chi connectivity index (χ4v) is 3.18. The zero-order valence-corrected chi connectivity index (χ0v) is 11.7. The first-order valence-corrected chi connectivity index (χ1v) is 7.85. The van der Waals surface area contributed by atoms with Crippen molar-refractivity contribution >= 4 is 16.5 Å². The van der Waals surface area contributed by atoms with E-state index in [-0.39, 0.29) is 0 Å². The minimum absolute atomic E-state index is 0.676. The van der Waals surface area contributed by atoms with Gasteiger partial charge in [-0.05, 0) is 43.0 Å². The molecule has 0 bridgehead atoms. The summed E-state index contributed by atoms with van der Waals surface area (Å²) in [6.45, 7) is 0. The third kappa shape index (κ3) is 4.52. The molecule has 0 spiro atoms. The highest BCUT2D eigenvalue weighted by Gasteiger charge is 2.03. The quantitative estimate of drug-likeness (QED) is 0.647. The average Bonchev–Trinajstić information content (AvgIpc) is 2.44. The van der Waals surface area contributed by atoms with E-state index >= 15 is 0 Å². The van der Waals surface area contributed by atoms with Crippen molar-refractivity contribution < 1.29 is 4.21 Å². The van der Waals surface area contributed by atoms with Crippen molar-refractivity contribution in [3.63, 3.8) is 0 Å². The maximum Gasteiger partial charge on any atom is 0.0530 e. The molecular formula is C16H19NOS. The number of hydrogen-bond donors (Lipinski definition) is 1. The Morgan fingerprint density at radius 2 is 1.74 bits per heavy atom. The second kappa shape index (κ2) is 7.10. The summed E-state index contributed by atoms with van der Waals surface area (Å²) in [5.41, 5.74) is 7.71. The van der Waals surface area contributed by atoms with E-state index in [9.17, 15) is 4.21 Å².